The van der Waals surface area contributed by atoms with Gasteiger partial charge >= 0.3 is 6.36 Å². The van der Waals surface area contributed by atoms with E-state index in [0.717, 1.165) is 0 Å². The van der Waals surface area contributed by atoms with E-state index in [0.29, 0.717) is 11.1 Å². The molecule has 7 heteroatoms. The molecule has 0 fully saturated rings. The first kappa shape index (κ1) is 14.7. The van der Waals surface area contributed by atoms with Gasteiger partial charge in [-0.1, -0.05) is 18.2 Å². The summed E-state index contributed by atoms with van der Waals surface area (Å²) in [5, 5.41) is 8.76. The molecule has 0 radical (unpaired) electrons. The summed E-state index contributed by atoms with van der Waals surface area (Å²) < 4.78 is 41.2. The first-order chi connectivity index (χ1) is 9.90. The summed E-state index contributed by atoms with van der Waals surface area (Å²) in [5.74, 6) is -0.392. The van der Waals surface area contributed by atoms with Gasteiger partial charge in [-0.15, -0.1) is 13.2 Å². The highest BCUT2D eigenvalue weighted by Crippen LogP contribution is 2.34. The van der Waals surface area contributed by atoms with Crippen LogP contribution in [0.15, 0.2) is 41.3 Å². The molecule has 0 bridgehead atoms. The SMILES string of the molecule is N#CCc1cc(=O)[nH]cc1-c1ccccc1OC(F)(F)F. The van der Waals surface area contributed by atoms with Gasteiger partial charge in [0.1, 0.15) is 5.75 Å². The molecule has 1 aromatic carbocycles. The minimum Gasteiger partial charge on any atom is -0.405 e. The van der Waals surface area contributed by atoms with E-state index in [9.17, 15) is 18.0 Å². The zero-order valence-corrected chi connectivity index (χ0v) is 10.6. The molecule has 0 aliphatic carbocycles. The van der Waals surface area contributed by atoms with Crippen LogP contribution in [0.4, 0.5) is 13.2 Å². The molecule has 1 N–H and O–H groups in total. The zero-order chi connectivity index (χ0) is 15.5. The largest absolute Gasteiger partial charge is 0.573 e. The predicted molar refractivity (Wildman–Crippen MR) is 68.5 cm³/mol. The van der Waals surface area contributed by atoms with Crippen molar-refractivity contribution in [1.82, 2.24) is 4.98 Å². The number of hydrogen-bond acceptors (Lipinski definition) is 3. The Morgan fingerprint density at radius 3 is 2.62 bits per heavy atom. The summed E-state index contributed by atoms with van der Waals surface area (Å²) in [6.07, 6.45) is -3.65. The zero-order valence-electron chi connectivity index (χ0n) is 10.6. The molecule has 0 saturated heterocycles. The first-order valence-electron chi connectivity index (χ1n) is 5.84. The number of pyridine rings is 1. The second-order valence-electron chi connectivity index (χ2n) is 4.12. The van der Waals surface area contributed by atoms with Crippen LogP contribution in [-0.2, 0) is 6.42 Å². The third-order valence-electron chi connectivity index (χ3n) is 2.68. The summed E-state index contributed by atoms with van der Waals surface area (Å²) in [4.78, 5) is 13.7. The summed E-state index contributed by atoms with van der Waals surface area (Å²) >= 11 is 0. The number of nitriles is 1. The highest BCUT2D eigenvalue weighted by atomic mass is 19.4. The van der Waals surface area contributed by atoms with Crippen LogP contribution in [0.2, 0.25) is 0 Å². The van der Waals surface area contributed by atoms with E-state index < -0.39 is 17.7 Å². The number of aromatic nitrogens is 1. The number of benzene rings is 1. The molecule has 108 valence electrons. The lowest BCUT2D eigenvalue weighted by molar-refractivity contribution is -0.274. The summed E-state index contributed by atoms with van der Waals surface area (Å²) in [5.41, 5.74) is 0.366. The molecule has 4 nitrogen and oxygen atoms in total. The van der Waals surface area contributed by atoms with Crippen LogP contribution in [0.5, 0.6) is 5.75 Å². The Morgan fingerprint density at radius 1 is 1.24 bits per heavy atom. The van der Waals surface area contributed by atoms with Gasteiger partial charge in [-0.05, 0) is 11.6 Å². The first-order valence-corrected chi connectivity index (χ1v) is 5.84. The molecule has 1 aromatic heterocycles. The minimum absolute atomic E-state index is 0.0976. The van der Waals surface area contributed by atoms with E-state index in [1.54, 1.807) is 6.07 Å². The molecule has 1 heterocycles. The Hall–Kier alpha value is -2.75. The third kappa shape index (κ3) is 3.63. The Labute approximate surface area is 117 Å². The van der Waals surface area contributed by atoms with Gasteiger partial charge < -0.3 is 9.72 Å². The van der Waals surface area contributed by atoms with Gasteiger partial charge in [-0.25, -0.2) is 0 Å². The van der Waals surface area contributed by atoms with E-state index in [1.807, 2.05) is 6.07 Å². The number of nitrogens with one attached hydrogen (secondary N) is 1. The number of alkyl halides is 3. The van der Waals surface area contributed by atoms with Crippen LogP contribution in [0.3, 0.4) is 0 Å². The molecular formula is C14H9F3N2O2. The second-order valence-corrected chi connectivity index (χ2v) is 4.12. The molecule has 2 rings (SSSR count). The van der Waals surface area contributed by atoms with Crippen LogP contribution in [0.1, 0.15) is 5.56 Å². The predicted octanol–water partition coefficient (Wildman–Crippen LogP) is 3.01. The molecule has 0 unspecified atom stereocenters. The Kier molecular flexibility index (Phi) is 3.98. The molecular weight excluding hydrogens is 285 g/mol. The maximum absolute atomic E-state index is 12.4. The Morgan fingerprint density at radius 2 is 1.95 bits per heavy atom. The molecule has 0 spiro atoms. The Balaban J connectivity index is 2.57. The van der Waals surface area contributed by atoms with Gasteiger partial charge in [-0.3, -0.25) is 4.79 Å². The van der Waals surface area contributed by atoms with E-state index in [1.165, 1.54) is 30.5 Å². The van der Waals surface area contributed by atoms with Crippen molar-refractivity contribution in [2.75, 3.05) is 0 Å². The lowest BCUT2D eigenvalue weighted by atomic mass is 9.99. The molecule has 0 aliphatic rings. The maximum Gasteiger partial charge on any atom is 0.573 e. The molecule has 0 atom stereocenters. The van der Waals surface area contributed by atoms with Gasteiger partial charge in [0.15, 0.2) is 0 Å². The lowest BCUT2D eigenvalue weighted by Gasteiger charge is -2.14. The number of nitrogens with zero attached hydrogens (tertiary/aromatic N) is 1. The van der Waals surface area contributed by atoms with E-state index >= 15 is 0 Å². The summed E-state index contributed by atoms with van der Waals surface area (Å²) in [6, 6.07) is 8.60. The van der Waals surface area contributed by atoms with Crippen LogP contribution in [0.25, 0.3) is 11.1 Å². The van der Waals surface area contributed by atoms with Crippen molar-refractivity contribution in [1.29, 1.82) is 5.26 Å². The number of aromatic amines is 1. The minimum atomic E-state index is -4.83. The number of hydrogen-bond donors (Lipinski definition) is 1. The molecule has 0 aliphatic heterocycles. The lowest BCUT2D eigenvalue weighted by Crippen LogP contribution is -2.17. The quantitative estimate of drug-likeness (QED) is 0.946. The number of para-hydroxylation sites is 1. The summed E-state index contributed by atoms with van der Waals surface area (Å²) in [7, 11) is 0. The smallest absolute Gasteiger partial charge is 0.405 e. The van der Waals surface area contributed by atoms with E-state index in [2.05, 4.69) is 9.72 Å². The topological polar surface area (TPSA) is 65.9 Å². The number of ether oxygens (including phenoxy) is 1. The van der Waals surface area contributed by atoms with Crippen molar-refractivity contribution < 1.29 is 17.9 Å². The monoisotopic (exact) mass is 294 g/mol. The van der Waals surface area contributed by atoms with Gasteiger partial charge in [0.2, 0.25) is 5.56 Å². The number of halogens is 3. The van der Waals surface area contributed by atoms with Crippen LogP contribution >= 0.6 is 0 Å². The average molecular weight is 294 g/mol. The maximum atomic E-state index is 12.4. The van der Waals surface area contributed by atoms with Crippen molar-refractivity contribution >= 4 is 0 Å². The normalized spacial score (nSPS) is 11.0. The Bertz CT molecular complexity index is 745. The van der Waals surface area contributed by atoms with Gasteiger partial charge in [0.25, 0.3) is 0 Å². The molecule has 21 heavy (non-hydrogen) atoms. The van der Waals surface area contributed by atoms with Crippen molar-refractivity contribution in [3.63, 3.8) is 0 Å². The van der Waals surface area contributed by atoms with Crippen molar-refractivity contribution in [3.8, 4) is 22.9 Å². The van der Waals surface area contributed by atoms with Crippen molar-refractivity contribution in [2.24, 2.45) is 0 Å². The second kappa shape index (κ2) is 5.71. The van der Waals surface area contributed by atoms with Gasteiger partial charge in [0, 0.05) is 23.4 Å². The number of H-pyrrole nitrogens is 1. The van der Waals surface area contributed by atoms with E-state index in [4.69, 9.17) is 5.26 Å². The third-order valence-corrected chi connectivity index (χ3v) is 2.68. The van der Waals surface area contributed by atoms with Crippen molar-refractivity contribution in [2.45, 2.75) is 12.8 Å². The van der Waals surface area contributed by atoms with Gasteiger partial charge in [-0.2, -0.15) is 5.26 Å². The molecule has 2 aromatic rings. The average Bonchev–Trinajstić information content (AvgIpc) is 2.39. The summed E-state index contributed by atoms with van der Waals surface area (Å²) in [6.45, 7) is 0. The van der Waals surface area contributed by atoms with Gasteiger partial charge in [0.05, 0.1) is 12.5 Å². The van der Waals surface area contributed by atoms with Crippen LogP contribution in [0, 0.1) is 11.3 Å². The highest BCUT2D eigenvalue weighted by Gasteiger charge is 2.32. The molecule has 0 saturated carbocycles. The highest BCUT2D eigenvalue weighted by molar-refractivity contribution is 5.72. The van der Waals surface area contributed by atoms with Crippen molar-refractivity contribution in [3.05, 3.63) is 52.4 Å². The van der Waals surface area contributed by atoms with Crippen LogP contribution < -0.4 is 10.3 Å². The standard InChI is InChI=1S/C14H9F3N2O2/c15-14(16,17)21-12-4-2-1-3-10(12)11-8-19-13(20)7-9(11)5-6-18/h1-4,7-8H,5H2,(H,19,20). The molecule has 0 amide bonds. The number of rotatable bonds is 3. The van der Waals surface area contributed by atoms with Crippen LogP contribution in [-0.4, -0.2) is 11.3 Å². The fraction of sp³-hybridized carbons (Fsp3) is 0.143. The fourth-order valence-electron chi connectivity index (χ4n) is 1.90. The van der Waals surface area contributed by atoms with E-state index in [-0.39, 0.29) is 12.0 Å². The fourth-order valence-corrected chi connectivity index (χ4v) is 1.90.